The van der Waals surface area contributed by atoms with Crippen molar-refractivity contribution < 1.29 is 9.59 Å². The Bertz CT molecular complexity index is 915. The molecule has 3 rings (SSSR count). The molecule has 1 aromatic carbocycles. The third kappa shape index (κ3) is 4.45. The molecule has 2 N–H and O–H groups in total. The van der Waals surface area contributed by atoms with Gasteiger partial charge in [0.05, 0.1) is 5.92 Å². The van der Waals surface area contributed by atoms with Gasteiger partial charge in [-0.1, -0.05) is 29.8 Å². The van der Waals surface area contributed by atoms with Gasteiger partial charge in [-0.05, 0) is 38.0 Å². The number of nitrogens with one attached hydrogen (secondary N) is 2. The highest BCUT2D eigenvalue weighted by Crippen LogP contribution is 2.21. The molecule has 0 bridgehead atoms. The highest BCUT2D eigenvalue weighted by Gasteiger charge is 2.34. The van der Waals surface area contributed by atoms with Crippen LogP contribution in [0, 0.1) is 26.7 Å². The van der Waals surface area contributed by atoms with E-state index in [0.717, 1.165) is 16.8 Å². The monoisotopic (exact) mass is 367 g/mol. The summed E-state index contributed by atoms with van der Waals surface area (Å²) in [5, 5.41) is 2.82. The number of hydrogen-bond donors (Lipinski definition) is 2. The van der Waals surface area contributed by atoms with Crippen molar-refractivity contribution >= 4 is 11.8 Å². The minimum atomic E-state index is -0.382. The molecule has 2 aromatic rings. The number of nitrogens with zero attached hydrogens (tertiary/aromatic N) is 1. The summed E-state index contributed by atoms with van der Waals surface area (Å²) in [5.41, 5.74) is 4.23. The Morgan fingerprint density at radius 1 is 1.19 bits per heavy atom. The first-order chi connectivity index (χ1) is 12.8. The highest BCUT2D eigenvalue weighted by atomic mass is 16.2. The molecule has 0 aliphatic carbocycles. The van der Waals surface area contributed by atoms with E-state index in [2.05, 4.69) is 10.3 Å². The first-order valence-electron chi connectivity index (χ1n) is 9.14. The largest absolute Gasteiger partial charge is 0.351 e. The van der Waals surface area contributed by atoms with Crippen LogP contribution in [0.3, 0.4) is 0 Å². The summed E-state index contributed by atoms with van der Waals surface area (Å²) in [6.45, 7) is 6.78. The van der Waals surface area contributed by atoms with Gasteiger partial charge in [-0.15, -0.1) is 0 Å². The van der Waals surface area contributed by atoms with Crippen LogP contribution in [-0.4, -0.2) is 28.2 Å². The number of hydrogen-bond acceptors (Lipinski definition) is 3. The number of aromatic amines is 1. The fourth-order valence-electron chi connectivity index (χ4n) is 3.44. The molecule has 6 nitrogen and oxygen atoms in total. The number of aromatic nitrogens is 1. The predicted molar refractivity (Wildman–Crippen MR) is 103 cm³/mol. The quantitative estimate of drug-likeness (QED) is 0.848. The second-order valence-electron chi connectivity index (χ2n) is 7.32. The number of rotatable bonds is 5. The van der Waals surface area contributed by atoms with E-state index in [4.69, 9.17) is 0 Å². The van der Waals surface area contributed by atoms with E-state index < -0.39 is 0 Å². The summed E-state index contributed by atoms with van der Waals surface area (Å²) >= 11 is 0. The van der Waals surface area contributed by atoms with Crippen LogP contribution in [0.15, 0.2) is 35.1 Å². The third-order valence-electron chi connectivity index (χ3n) is 5.01. The smallest absolute Gasteiger partial charge is 0.253 e. The van der Waals surface area contributed by atoms with Crippen LogP contribution in [0.25, 0.3) is 0 Å². The van der Waals surface area contributed by atoms with Gasteiger partial charge in [0, 0.05) is 37.3 Å². The molecule has 6 heteroatoms. The van der Waals surface area contributed by atoms with Gasteiger partial charge in [0.2, 0.25) is 11.8 Å². The van der Waals surface area contributed by atoms with Crippen molar-refractivity contribution in [2.45, 2.75) is 40.3 Å². The van der Waals surface area contributed by atoms with Gasteiger partial charge >= 0.3 is 0 Å². The minimum absolute atomic E-state index is 0.0138. The van der Waals surface area contributed by atoms with Crippen LogP contribution in [0.2, 0.25) is 0 Å². The van der Waals surface area contributed by atoms with Crippen molar-refractivity contribution in [2.24, 2.45) is 5.92 Å². The topological polar surface area (TPSA) is 82.3 Å². The van der Waals surface area contributed by atoms with Crippen molar-refractivity contribution in [3.63, 3.8) is 0 Å². The maximum atomic E-state index is 12.5. The van der Waals surface area contributed by atoms with Gasteiger partial charge in [0.15, 0.2) is 0 Å². The predicted octanol–water partition coefficient (Wildman–Crippen LogP) is 1.97. The number of carbonyl (C=O) groups is 2. The maximum Gasteiger partial charge on any atom is 0.253 e. The summed E-state index contributed by atoms with van der Waals surface area (Å²) in [5.74, 6) is -0.581. The lowest BCUT2D eigenvalue weighted by molar-refractivity contribution is -0.129. The van der Waals surface area contributed by atoms with Gasteiger partial charge in [-0.25, -0.2) is 0 Å². The second kappa shape index (κ2) is 7.78. The molecule has 1 aliphatic rings. The van der Waals surface area contributed by atoms with E-state index in [-0.39, 0.29) is 36.3 Å². The molecule has 0 spiro atoms. The van der Waals surface area contributed by atoms with Crippen molar-refractivity contribution in [3.05, 3.63) is 68.6 Å². The fraction of sp³-hybridized carbons (Fsp3) is 0.381. The lowest BCUT2D eigenvalue weighted by atomic mass is 10.1. The zero-order valence-electron chi connectivity index (χ0n) is 16.0. The summed E-state index contributed by atoms with van der Waals surface area (Å²) in [4.78, 5) is 41.3. The third-order valence-corrected chi connectivity index (χ3v) is 5.01. The van der Waals surface area contributed by atoms with Gasteiger partial charge in [-0.3, -0.25) is 14.4 Å². The van der Waals surface area contributed by atoms with Gasteiger partial charge < -0.3 is 15.2 Å². The number of likely N-dealkylation sites (tertiary alicyclic amines) is 1. The van der Waals surface area contributed by atoms with Crippen molar-refractivity contribution in [3.8, 4) is 0 Å². The second-order valence-corrected chi connectivity index (χ2v) is 7.32. The lowest BCUT2D eigenvalue weighted by Crippen LogP contribution is -2.34. The first kappa shape index (κ1) is 18.9. The van der Waals surface area contributed by atoms with E-state index in [1.807, 2.05) is 51.1 Å². The van der Waals surface area contributed by atoms with Crippen LogP contribution in [-0.2, 0) is 22.7 Å². The van der Waals surface area contributed by atoms with E-state index in [0.29, 0.717) is 18.7 Å². The van der Waals surface area contributed by atoms with Crippen LogP contribution in [0.5, 0.6) is 0 Å². The summed E-state index contributed by atoms with van der Waals surface area (Å²) < 4.78 is 0. The number of benzene rings is 1. The molecule has 1 unspecified atom stereocenters. The molecular weight excluding hydrogens is 342 g/mol. The maximum absolute atomic E-state index is 12.5. The molecule has 1 fully saturated rings. The zero-order valence-corrected chi connectivity index (χ0v) is 16.0. The average molecular weight is 367 g/mol. The standard InChI is InChI=1S/C21H25N3O3/c1-13-4-6-16(7-5-13)11-24-12-17(9-19(24)25)20(26)22-10-18-14(2)8-15(3)23-21(18)27/h4-8,17H,9-12H2,1-3H3,(H,22,26)(H,23,27). The molecule has 0 radical (unpaired) electrons. The molecular formula is C21H25N3O3. The normalized spacial score (nSPS) is 16.6. The number of H-pyrrole nitrogens is 1. The zero-order chi connectivity index (χ0) is 19.6. The van der Waals surface area contributed by atoms with E-state index in [1.165, 1.54) is 5.56 Å². The molecule has 1 aliphatic heterocycles. The van der Waals surface area contributed by atoms with Crippen molar-refractivity contribution in [1.29, 1.82) is 0 Å². The minimum Gasteiger partial charge on any atom is -0.351 e. The Morgan fingerprint density at radius 2 is 1.89 bits per heavy atom. The van der Waals surface area contributed by atoms with Gasteiger partial charge in [0.1, 0.15) is 0 Å². The Labute approximate surface area is 158 Å². The first-order valence-corrected chi connectivity index (χ1v) is 9.14. The van der Waals surface area contributed by atoms with Gasteiger partial charge in [0.25, 0.3) is 5.56 Å². The van der Waals surface area contributed by atoms with E-state index in [1.54, 1.807) is 4.90 Å². The average Bonchev–Trinajstić information content (AvgIpc) is 2.96. The van der Waals surface area contributed by atoms with Crippen molar-refractivity contribution in [1.82, 2.24) is 15.2 Å². The van der Waals surface area contributed by atoms with Gasteiger partial charge in [-0.2, -0.15) is 0 Å². The molecule has 2 heterocycles. The molecule has 1 atom stereocenters. The lowest BCUT2D eigenvalue weighted by Gasteiger charge is -2.17. The summed E-state index contributed by atoms with van der Waals surface area (Å²) in [6, 6.07) is 9.92. The Balaban J connectivity index is 1.59. The molecule has 0 saturated carbocycles. The van der Waals surface area contributed by atoms with Crippen LogP contribution in [0.4, 0.5) is 0 Å². The Kier molecular flexibility index (Phi) is 5.44. The number of amides is 2. The summed E-state index contributed by atoms with van der Waals surface area (Å²) in [6.07, 6.45) is 0.209. The van der Waals surface area contributed by atoms with E-state index in [9.17, 15) is 14.4 Å². The Morgan fingerprint density at radius 3 is 2.56 bits per heavy atom. The van der Waals surface area contributed by atoms with Crippen LogP contribution in [0.1, 0.15) is 34.4 Å². The molecule has 1 saturated heterocycles. The summed E-state index contributed by atoms with van der Waals surface area (Å²) in [7, 11) is 0. The molecule has 142 valence electrons. The molecule has 1 aromatic heterocycles. The fourth-order valence-corrected chi connectivity index (χ4v) is 3.44. The molecule has 2 amide bonds. The van der Waals surface area contributed by atoms with E-state index >= 15 is 0 Å². The van der Waals surface area contributed by atoms with Crippen molar-refractivity contribution in [2.75, 3.05) is 6.54 Å². The van der Waals surface area contributed by atoms with Crippen LogP contribution < -0.4 is 10.9 Å². The Hall–Kier alpha value is -2.89. The molecule has 27 heavy (non-hydrogen) atoms. The number of pyridine rings is 1. The number of aryl methyl sites for hydroxylation is 3. The SMILES string of the molecule is Cc1ccc(CN2CC(C(=O)NCc3c(C)cc(C)[nH]c3=O)CC2=O)cc1. The highest BCUT2D eigenvalue weighted by molar-refractivity contribution is 5.89. The number of carbonyl (C=O) groups excluding carboxylic acids is 2. The van der Waals surface area contributed by atoms with Crippen LogP contribution >= 0.6 is 0 Å².